The van der Waals surface area contributed by atoms with Gasteiger partial charge >= 0.3 is 0 Å². The second kappa shape index (κ2) is 4.52. The Morgan fingerprint density at radius 2 is 1.65 bits per heavy atom. The molecule has 0 aliphatic heterocycles. The first-order valence-electron chi connectivity index (χ1n) is 5.03. The van der Waals surface area contributed by atoms with Gasteiger partial charge in [-0.1, -0.05) is 44.0 Å². The maximum absolute atomic E-state index is 5.84. The maximum Gasteiger partial charge on any atom is 0.181 e. The molecule has 0 radical (unpaired) electrons. The van der Waals surface area contributed by atoms with Crippen LogP contribution in [0.4, 0.5) is 0 Å². The Labute approximate surface area is 114 Å². The van der Waals surface area contributed by atoms with Crippen LogP contribution < -0.4 is 0 Å². The third-order valence-corrected chi connectivity index (χ3v) is 3.69. The van der Waals surface area contributed by atoms with Crippen molar-refractivity contribution in [3.63, 3.8) is 0 Å². The normalized spacial score (nSPS) is 11.8. The van der Waals surface area contributed by atoms with Crippen LogP contribution >= 0.6 is 34.5 Å². The average molecular weight is 288 g/mol. The molecule has 0 saturated carbocycles. The van der Waals surface area contributed by atoms with E-state index in [0.29, 0.717) is 21.8 Å². The van der Waals surface area contributed by atoms with Gasteiger partial charge in [0.05, 0.1) is 5.01 Å². The molecule has 3 nitrogen and oxygen atoms in total. The first-order valence-corrected chi connectivity index (χ1v) is 6.66. The minimum Gasteiger partial charge on any atom is -0.237 e. The number of nitrogens with zero attached hydrogens (tertiary/aromatic N) is 3. The van der Waals surface area contributed by atoms with E-state index in [4.69, 9.17) is 23.2 Å². The van der Waals surface area contributed by atoms with Crippen LogP contribution in [-0.4, -0.2) is 15.0 Å². The van der Waals surface area contributed by atoms with E-state index >= 15 is 0 Å². The van der Waals surface area contributed by atoms with Crippen molar-refractivity contribution in [2.24, 2.45) is 0 Å². The van der Waals surface area contributed by atoms with Gasteiger partial charge in [-0.25, -0.2) is 15.0 Å². The lowest BCUT2D eigenvalue weighted by atomic mass is 9.98. The number of aromatic nitrogens is 3. The molecule has 0 bridgehead atoms. The Hall–Kier alpha value is -0.710. The summed E-state index contributed by atoms with van der Waals surface area (Å²) < 4.78 is 0. The summed E-state index contributed by atoms with van der Waals surface area (Å²) in [6.45, 7) is 6.34. The van der Waals surface area contributed by atoms with Crippen LogP contribution in [0.25, 0.3) is 11.5 Å². The zero-order valence-electron chi connectivity index (χ0n) is 9.66. The van der Waals surface area contributed by atoms with Gasteiger partial charge in [0.15, 0.2) is 5.82 Å². The molecule has 2 rings (SSSR count). The number of hydrogen-bond donors (Lipinski definition) is 0. The zero-order chi connectivity index (χ0) is 12.6. The van der Waals surface area contributed by atoms with Crippen LogP contribution in [-0.2, 0) is 5.41 Å². The smallest absolute Gasteiger partial charge is 0.181 e. The minimum atomic E-state index is 0.0191. The summed E-state index contributed by atoms with van der Waals surface area (Å²) in [6, 6.07) is 1.50. The molecular formula is C11H11Cl2N3S. The van der Waals surface area contributed by atoms with Gasteiger partial charge in [-0.2, -0.15) is 0 Å². The summed E-state index contributed by atoms with van der Waals surface area (Å²) in [5.74, 6) is 0.467. The van der Waals surface area contributed by atoms with Gasteiger partial charge in [-0.05, 0) is 0 Å². The van der Waals surface area contributed by atoms with Crippen LogP contribution in [0.15, 0.2) is 11.4 Å². The standard InChI is InChI=1S/C11H11Cl2N3S/c1-11(2,3)10-14-6(5-17-10)9-15-7(12)4-8(13)16-9/h4-5H,1-3H3. The molecule has 17 heavy (non-hydrogen) atoms. The summed E-state index contributed by atoms with van der Waals surface area (Å²) in [5.41, 5.74) is 0.731. The molecule has 2 aromatic heterocycles. The maximum atomic E-state index is 5.84. The largest absolute Gasteiger partial charge is 0.237 e. The molecule has 0 fully saturated rings. The van der Waals surface area contributed by atoms with E-state index in [2.05, 4.69) is 35.7 Å². The molecule has 0 N–H and O–H groups in total. The fourth-order valence-corrected chi connectivity index (χ4v) is 2.53. The van der Waals surface area contributed by atoms with Gasteiger partial charge in [-0.3, -0.25) is 0 Å². The number of halogens is 2. The van der Waals surface area contributed by atoms with Crippen molar-refractivity contribution in [1.29, 1.82) is 0 Å². The van der Waals surface area contributed by atoms with Gasteiger partial charge in [0.2, 0.25) is 0 Å². The van der Waals surface area contributed by atoms with Crippen molar-refractivity contribution in [2.75, 3.05) is 0 Å². The van der Waals surface area contributed by atoms with Crippen molar-refractivity contribution in [2.45, 2.75) is 26.2 Å². The van der Waals surface area contributed by atoms with Gasteiger partial charge in [0, 0.05) is 16.9 Å². The molecule has 0 aliphatic rings. The second-order valence-electron chi connectivity index (χ2n) is 4.62. The van der Waals surface area contributed by atoms with E-state index in [1.54, 1.807) is 11.3 Å². The van der Waals surface area contributed by atoms with E-state index in [0.717, 1.165) is 5.01 Å². The molecule has 0 unspecified atom stereocenters. The second-order valence-corrected chi connectivity index (χ2v) is 6.26. The molecule has 0 saturated heterocycles. The van der Waals surface area contributed by atoms with E-state index in [9.17, 15) is 0 Å². The Bertz CT molecular complexity index is 526. The number of rotatable bonds is 1. The van der Waals surface area contributed by atoms with Gasteiger partial charge in [0.1, 0.15) is 16.0 Å². The summed E-state index contributed by atoms with van der Waals surface area (Å²) in [7, 11) is 0. The first-order chi connectivity index (χ1) is 7.86. The fraction of sp³-hybridized carbons (Fsp3) is 0.364. The lowest BCUT2D eigenvalue weighted by Crippen LogP contribution is -2.10. The summed E-state index contributed by atoms with van der Waals surface area (Å²) in [6.07, 6.45) is 0. The van der Waals surface area contributed by atoms with Crippen molar-refractivity contribution >= 4 is 34.5 Å². The fourth-order valence-electron chi connectivity index (χ4n) is 1.23. The molecule has 6 heteroatoms. The SMILES string of the molecule is CC(C)(C)c1nc(-c2nc(Cl)cc(Cl)n2)cs1. The lowest BCUT2D eigenvalue weighted by Gasteiger charge is -2.13. The molecule has 90 valence electrons. The van der Waals surface area contributed by atoms with E-state index in [1.807, 2.05) is 5.38 Å². The molecule has 0 aromatic carbocycles. The van der Waals surface area contributed by atoms with Crippen molar-refractivity contribution in [1.82, 2.24) is 15.0 Å². The highest BCUT2D eigenvalue weighted by Gasteiger charge is 2.19. The third-order valence-electron chi connectivity index (χ3n) is 2.04. The van der Waals surface area contributed by atoms with E-state index in [1.165, 1.54) is 6.07 Å². The topological polar surface area (TPSA) is 38.7 Å². The predicted octanol–water partition coefficient (Wildman–Crippen LogP) is 4.20. The molecule has 0 amide bonds. The quantitative estimate of drug-likeness (QED) is 0.738. The lowest BCUT2D eigenvalue weighted by molar-refractivity contribution is 0.586. The Morgan fingerprint density at radius 1 is 1.06 bits per heavy atom. The molecule has 2 heterocycles. The van der Waals surface area contributed by atoms with Crippen LogP contribution in [0.2, 0.25) is 10.3 Å². The van der Waals surface area contributed by atoms with Gasteiger partial charge in [0.25, 0.3) is 0 Å². The predicted molar refractivity (Wildman–Crippen MR) is 71.9 cm³/mol. The van der Waals surface area contributed by atoms with Crippen molar-refractivity contribution in [3.05, 3.63) is 26.8 Å². The zero-order valence-corrected chi connectivity index (χ0v) is 12.0. The van der Waals surface area contributed by atoms with Crippen molar-refractivity contribution in [3.8, 4) is 11.5 Å². The summed E-state index contributed by atoms with van der Waals surface area (Å²) >= 11 is 13.3. The molecule has 0 atom stereocenters. The van der Waals surface area contributed by atoms with Gasteiger partial charge in [-0.15, -0.1) is 11.3 Å². The monoisotopic (exact) mass is 287 g/mol. The van der Waals surface area contributed by atoms with Crippen LogP contribution in [0.3, 0.4) is 0 Å². The first kappa shape index (κ1) is 12.7. The number of hydrogen-bond acceptors (Lipinski definition) is 4. The molecular weight excluding hydrogens is 277 g/mol. The van der Waals surface area contributed by atoms with Crippen molar-refractivity contribution < 1.29 is 0 Å². The highest BCUT2D eigenvalue weighted by atomic mass is 35.5. The van der Waals surface area contributed by atoms with E-state index in [-0.39, 0.29) is 5.41 Å². The Kier molecular flexibility index (Phi) is 3.39. The van der Waals surface area contributed by atoms with Crippen LogP contribution in [0.1, 0.15) is 25.8 Å². The highest BCUT2D eigenvalue weighted by Crippen LogP contribution is 2.29. The van der Waals surface area contributed by atoms with Crippen LogP contribution in [0, 0.1) is 0 Å². The average Bonchev–Trinajstić information content (AvgIpc) is 2.63. The molecule has 0 aliphatic carbocycles. The van der Waals surface area contributed by atoms with Gasteiger partial charge < -0.3 is 0 Å². The molecule has 2 aromatic rings. The number of thiazole rings is 1. The Balaban J connectivity index is 2.44. The molecule has 0 spiro atoms. The Morgan fingerprint density at radius 3 is 2.12 bits per heavy atom. The third kappa shape index (κ3) is 2.94. The van der Waals surface area contributed by atoms with Crippen LogP contribution in [0.5, 0.6) is 0 Å². The van der Waals surface area contributed by atoms with E-state index < -0.39 is 0 Å². The summed E-state index contributed by atoms with van der Waals surface area (Å²) in [5, 5.41) is 3.60. The summed E-state index contributed by atoms with van der Waals surface area (Å²) in [4.78, 5) is 12.7. The highest BCUT2D eigenvalue weighted by molar-refractivity contribution is 7.10. The minimum absolute atomic E-state index is 0.0191.